The van der Waals surface area contributed by atoms with E-state index in [-0.39, 0.29) is 11.0 Å². The average molecular weight is 376 g/mol. The lowest BCUT2D eigenvalue weighted by Crippen LogP contribution is -2.57. The molecular formula is C17H11F3N4OS. The van der Waals surface area contributed by atoms with E-state index in [1.165, 1.54) is 0 Å². The van der Waals surface area contributed by atoms with Gasteiger partial charge in [0.1, 0.15) is 5.84 Å². The molecule has 0 spiro atoms. The maximum atomic E-state index is 13.8. The van der Waals surface area contributed by atoms with E-state index < -0.39 is 17.7 Å². The summed E-state index contributed by atoms with van der Waals surface area (Å²) in [5, 5.41) is 4.41. The Bertz CT molecular complexity index is 983. The number of thiazole rings is 1. The Hall–Kier alpha value is -2.94. The first-order chi connectivity index (χ1) is 12.4. The summed E-state index contributed by atoms with van der Waals surface area (Å²) in [4.78, 5) is 20.1. The number of hydrogen-bond acceptors (Lipinski definition) is 5. The maximum Gasteiger partial charge on any atom is 0.442 e. The Morgan fingerprint density at radius 2 is 1.73 bits per heavy atom. The van der Waals surface area contributed by atoms with Crippen molar-refractivity contribution in [3.63, 3.8) is 0 Å². The van der Waals surface area contributed by atoms with Gasteiger partial charge in [0.25, 0.3) is 5.91 Å². The van der Waals surface area contributed by atoms with Gasteiger partial charge in [0.05, 0.1) is 10.2 Å². The molecule has 4 rings (SSSR count). The van der Waals surface area contributed by atoms with Crippen molar-refractivity contribution in [2.45, 2.75) is 11.8 Å². The average Bonchev–Trinajstić information content (AvgIpc) is 3.17. The maximum absolute atomic E-state index is 13.8. The van der Waals surface area contributed by atoms with Gasteiger partial charge in [-0.3, -0.25) is 4.79 Å². The van der Waals surface area contributed by atoms with Crippen LogP contribution in [0.25, 0.3) is 10.2 Å². The van der Waals surface area contributed by atoms with E-state index in [2.05, 4.69) is 20.6 Å². The van der Waals surface area contributed by atoms with Crippen molar-refractivity contribution < 1.29 is 18.0 Å². The zero-order valence-electron chi connectivity index (χ0n) is 13.0. The Morgan fingerprint density at radius 1 is 1.04 bits per heavy atom. The quantitative estimate of drug-likeness (QED) is 0.735. The molecule has 2 aromatic carbocycles. The van der Waals surface area contributed by atoms with Crippen LogP contribution in [0.15, 0.2) is 59.6 Å². The fourth-order valence-electron chi connectivity index (χ4n) is 2.61. The number of anilines is 1. The van der Waals surface area contributed by atoms with E-state index in [4.69, 9.17) is 0 Å². The molecule has 0 bridgehead atoms. The first kappa shape index (κ1) is 16.5. The summed E-state index contributed by atoms with van der Waals surface area (Å²) in [5.41, 5.74) is -2.19. The van der Waals surface area contributed by atoms with Crippen LogP contribution < -0.4 is 10.6 Å². The lowest BCUT2D eigenvalue weighted by atomic mass is 10.1. The molecule has 0 radical (unpaired) electrons. The van der Waals surface area contributed by atoms with Crippen LogP contribution in [0.4, 0.5) is 18.3 Å². The highest BCUT2D eigenvalue weighted by molar-refractivity contribution is 7.22. The number of aromatic nitrogens is 1. The second kappa shape index (κ2) is 5.80. The molecule has 2 N–H and O–H groups in total. The molecule has 5 nitrogen and oxygen atoms in total. The molecule has 1 aromatic heterocycles. The van der Waals surface area contributed by atoms with Crippen LogP contribution >= 0.6 is 11.3 Å². The molecule has 0 unspecified atom stereocenters. The number of halogens is 3. The predicted molar refractivity (Wildman–Crippen MR) is 93.2 cm³/mol. The van der Waals surface area contributed by atoms with Crippen LogP contribution in [0.3, 0.4) is 0 Å². The SMILES string of the molecule is O=C1NC(c2ccccc2)=N[C@@]1(Nc1nc2ccccc2s1)C(F)(F)F. The lowest BCUT2D eigenvalue weighted by Gasteiger charge is -2.26. The molecule has 1 aliphatic rings. The minimum Gasteiger partial charge on any atom is -0.322 e. The Morgan fingerprint density at radius 3 is 2.42 bits per heavy atom. The second-order valence-electron chi connectivity index (χ2n) is 5.60. The van der Waals surface area contributed by atoms with E-state index >= 15 is 0 Å². The largest absolute Gasteiger partial charge is 0.442 e. The summed E-state index contributed by atoms with van der Waals surface area (Å²) in [6.07, 6.45) is -4.95. The standard InChI is InChI=1S/C17H11F3N4OS/c18-17(19,20)16(24-15-21-11-8-4-5-9-12(11)26-15)14(25)22-13(23-16)10-6-2-1-3-7-10/h1-9H,(H,21,24)(H,22,23,25)/t16-/m0/s1. The number of amidine groups is 1. The first-order valence-corrected chi connectivity index (χ1v) is 8.38. The van der Waals surface area contributed by atoms with Crippen molar-refractivity contribution in [2.24, 2.45) is 4.99 Å². The topological polar surface area (TPSA) is 66.4 Å². The molecule has 0 aliphatic carbocycles. The number of fused-ring (bicyclic) bond motifs is 1. The minimum atomic E-state index is -4.95. The molecular weight excluding hydrogens is 365 g/mol. The van der Waals surface area contributed by atoms with Crippen molar-refractivity contribution in [2.75, 3.05) is 5.32 Å². The predicted octanol–water partition coefficient (Wildman–Crippen LogP) is 3.54. The van der Waals surface area contributed by atoms with Crippen LogP contribution in [0.2, 0.25) is 0 Å². The number of nitrogens with one attached hydrogen (secondary N) is 2. The summed E-state index contributed by atoms with van der Waals surface area (Å²) < 4.78 is 42.2. The summed E-state index contributed by atoms with van der Waals surface area (Å²) in [6, 6.07) is 15.1. The van der Waals surface area contributed by atoms with Crippen molar-refractivity contribution in [1.82, 2.24) is 10.3 Å². The molecule has 0 fully saturated rings. The van der Waals surface area contributed by atoms with Crippen LogP contribution in [-0.2, 0) is 4.79 Å². The van der Waals surface area contributed by atoms with Crippen molar-refractivity contribution in [1.29, 1.82) is 0 Å². The van der Waals surface area contributed by atoms with Crippen molar-refractivity contribution in [3.8, 4) is 0 Å². The molecule has 3 aromatic rings. The number of rotatable bonds is 3. The van der Waals surface area contributed by atoms with Crippen LogP contribution in [-0.4, -0.2) is 28.6 Å². The molecule has 2 heterocycles. The summed E-state index contributed by atoms with van der Waals surface area (Å²) in [5.74, 6) is -1.43. The van der Waals surface area contributed by atoms with Gasteiger partial charge in [-0.15, -0.1) is 0 Å². The summed E-state index contributed by atoms with van der Waals surface area (Å²) in [7, 11) is 0. The fourth-order valence-corrected chi connectivity index (χ4v) is 3.52. The molecule has 1 amide bonds. The number of hydrogen-bond donors (Lipinski definition) is 2. The van der Waals surface area contributed by atoms with E-state index in [1.807, 2.05) is 0 Å². The van der Waals surface area contributed by atoms with Gasteiger partial charge in [-0.25, -0.2) is 9.98 Å². The number of nitrogens with zero attached hydrogens (tertiary/aromatic N) is 2. The van der Waals surface area contributed by atoms with E-state index in [0.29, 0.717) is 15.8 Å². The van der Waals surface area contributed by atoms with Gasteiger partial charge in [-0.2, -0.15) is 13.2 Å². The van der Waals surface area contributed by atoms with E-state index in [0.717, 1.165) is 11.3 Å². The van der Waals surface area contributed by atoms with E-state index in [9.17, 15) is 18.0 Å². The van der Waals surface area contributed by atoms with Gasteiger partial charge >= 0.3 is 11.8 Å². The van der Waals surface area contributed by atoms with Gasteiger partial charge in [0, 0.05) is 5.56 Å². The van der Waals surface area contributed by atoms with Crippen molar-refractivity contribution >= 4 is 38.4 Å². The summed E-state index contributed by atoms with van der Waals surface area (Å²) >= 11 is 1.03. The lowest BCUT2D eigenvalue weighted by molar-refractivity contribution is -0.181. The number of amides is 1. The van der Waals surface area contributed by atoms with Crippen LogP contribution in [0.1, 0.15) is 5.56 Å². The number of para-hydroxylation sites is 1. The first-order valence-electron chi connectivity index (χ1n) is 7.56. The minimum absolute atomic E-state index is 0.0308. The monoisotopic (exact) mass is 376 g/mol. The van der Waals surface area contributed by atoms with Gasteiger partial charge in [0.2, 0.25) is 0 Å². The smallest absolute Gasteiger partial charge is 0.322 e. The Kier molecular flexibility index (Phi) is 3.69. The molecule has 0 saturated heterocycles. The molecule has 132 valence electrons. The third-order valence-corrected chi connectivity index (χ3v) is 4.83. The van der Waals surface area contributed by atoms with Gasteiger partial charge in [-0.05, 0) is 12.1 Å². The van der Waals surface area contributed by atoms with Crippen LogP contribution in [0.5, 0.6) is 0 Å². The van der Waals surface area contributed by atoms with Gasteiger partial charge in [-0.1, -0.05) is 53.8 Å². The molecule has 9 heteroatoms. The zero-order valence-corrected chi connectivity index (χ0v) is 13.9. The number of benzene rings is 2. The fraction of sp³-hybridized carbons (Fsp3) is 0.118. The Labute approximate surface area is 149 Å². The highest BCUT2D eigenvalue weighted by Crippen LogP contribution is 2.39. The van der Waals surface area contributed by atoms with E-state index in [1.54, 1.807) is 54.6 Å². The highest BCUT2D eigenvalue weighted by atomic mass is 32.1. The zero-order chi connectivity index (χ0) is 18.4. The number of alkyl halides is 3. The van der Waals surface area contributed by atoms with Crippen molar-refractivity contribution in [3.05, 3.63) is 60.2 Å². The highest BCUT2D eigenvalue weighted by Gasteiger charge is 2.64. The van der Waals surface area contributed by atoms with Crippen LogP contribution in [0, 0.1) is 0 Å². The number of aliphatic imine (C=N–C) groups is 1. The number of carbonyl (C=O) groups is 1. The third-order valence-electron chi connectivity index (χ3n) is 3.88. The van der Waals surface area contributed by atoms with Gasteiger partial charge in [0.15, 0.2) is 5.13 Å². The second-order valence-corrected chi connectivity index (χ2v) is 6.63. The normalized spacial score (nSPS) is 20.1. The summed E-state index contributed by atoms with van der Waals surface area (Å²) in [6.45, 7) is 0. The molecule has 0 saturated carbocycles. The number of carbonyl (C=O) groups excluding carboxylic acids is 1. The third kappa shape index (κ3) is 2.60. The van der Waals surface area contributed by atoms with Gasteiger partial charge < -0.3 is 10.6 Å². The Balaban J connectivity index is 1.79. The molecule has 26 heavy (non-hydrogen) atoms. The molecule has 1 aliphatic heterocycles. The molecule has 1 atom stereocenters.